The first-order valence-corrected chi connectivity index (χ1v) is 9.45. The van der Waals surface area contributed by atoms with Crippen LogP contribution in [0.3, 0.4) is 0 Å². The van der Waals surface area contributed by atoms with Crippen LogP contribution < -0.4 is 5.32 Å². The van der Waals surface area contributed by atoms with Gasteiger partial charge in [0.2, 0.25) is 15.9 Å². The summed E-state index contributed by atoms with van der Waals surface area (Å²) in [6.07, 6.45) is 7.65. The van der Waals surface area contributed by atoms with E-state index in [-0.39, 0.29) is 17.7 Å². The van der Waals surface area contributed by atoms with Crippen molar-refractivity contribution < 1.29 is 13.2 Å². The summed E-state index contributed by atoms with van der Waals surface area (Å²) in [7, 11) is -3.27. The van der Waals surface area contributed by atoms with Crippen LogP contribution in [0.4, 0.5) is 0 Å². The molecule has 20 heavy (non-hydrogen) atoms. The Morgan fingerprint density at radius 2 is 1.85 bits per heavy atom. The highest BCUT2D eigenvalue weighted by Gasteiger charge is 2.38. The Morgan fingerprint density at radius 3 is 2.50 bits per heavy atom. The second-order valence-electron chi connectivity index (χ2n) is 5.93. The summed E-state index contributed by atoms with van der Waals surface area (Å²) in [6, 6.07) is -0.235. The van der Waals surface area contributed by atoms with Crippen LogP contribution in [0.2, 0.25) is 0 Å². The number of carbonyl (C=O) groups is 1. The summed E-state index contributed by atoms with van der Waals surface area (Å²) in [5.74, 6) is 0.0503. The van der Waals surface area contributed by atoms with Crippen molar-refractivity contribution in [3.05, 3.63) is 0 Å². The Morgan fingerprint density at radius 1 is 1.15 bits per heavy atom. The Bertz CT molecular complexity index is 430. The molecule has 2 aliphatic rings. The Labute approximate surface area is 122 Å². The van der Waals surface area contributed by atoms with Crippen LogP contribution in [0.25, 0.3) is 0 Å². The molecule has 1 aliphatic carbocycles. The molecule has 116 valence electrons. The highest BCUT2D eigenvalue weighted by atomic mass is 32.2. The van der Waals surface area contributed by atoms with E-state index in [9.17, 15) is 13.2 Å². The van der Waals surface area contributed by atoms with Gasteiger partial charge in [-0.1, -0.05) is 26.2 Å². The van der Waals surface area contributed by atoms with Crippen molar-refractivity contribution in [2.45, 2.75) is 70.4 Å². The van der Waals surface area contributed by atoms with Crippen molar-refractivity contribution in [2.75, 3.05) is 12.3 Å². The topological polar surface area (TPSA) is 66.5 Å². The largest absolute Gasteiger partial charge is 0.352 e. The smallest absolute Gasteiger partial charge is 0.238 e. The maximum atomic E-state index is 12.4. The Hall–Kier alpha value is -0.620. The molecule has 1 aliphatic heterocycles. The normalized spacial score (nSPS) is 25.8. The van der Waals surface area contributed by atoms with Gasteiger partial charge in [-0.2, -0.15) is 4.31 Å². The molecule has 1 amide bonds. The van der Waals surface area contributed by atoms with Crippen molar-refractivity contribution in [3.8, 4) is 0 Å². The van der Waals surface area contributed by atoms with E-state index < -0.39 is 16.1 Å². The third-order valence-corrected chi connectivity index (χ3v) is 6.35. The number of sulfonamides is 1. The fourth-order valence-electron chi connectivity index (χ4n) is 3.25. The lowest BCUT2D eigenvalue weighted by atomic mass is 9.95. The molecule has 0 bridgehead atoms. The van der Waals surface area contributed by atoms with E-state index in [0.717, 1.165) is 32.1 Å². The molecule has 5 nitrogen and oxygen atoms in total. The Kier molecular flexibility index (Phi) is 5.43. The maximum Gasteiger partial charge on any atom is 0.238 e. The molecule has 1 saturated carbocycles. The summed E-state index contributed by atoms with van der Waals surface area (Å²) < 4.78 is 25.8. The number of rotatable bonds is 5. The molecule has 0 radical (unpaired) electrons. The van der Waals surface area contributed by atoms with Crippen molar-refractivity contribution >= 4 is 15.9 Å². The summed E-state index contributed by atoms with van der Waals surface area (Å²) in [5, 5.41) is 3.06. The van der Waals surface area contributed by atoms with E-state index in [1.807, 2.05) is 6.92 Å². The first-order valence-electron chi connectivity index (χ1n) is 7.84. The van der Waals surface area contributed by atoms with Crippen molar-refractivity contribution in [1.29, 1.82) is 0 Å². The summed E-state index contributed by atoms with van der Waals surface area (Å²) in [4.78, 5) is 12.4. The van der Waals surface area contributed by atoms with Gasteiger partial charge < -0.3 is 5.32 Å². The van der Waals surface area contributed by atoms with Crippen molar-refractivity contribution in [2.24, 2.45) is 0 Å². The van der Waals surface area contributed by atoms with Gasteiger partial charge in [0.05, 0.1) is 5.75 Å². The SMILES string of the molecule is CCCS(=O)(=O)N1CCCC1C(=O)NC1CCCCC1. The molecule has 1 saturated heterocycles. The molecule has 1 atom stereocenters. The fourth-order valence-corrected chi connectivity index (χ4v) is 5.00. The van der Waals surface area contributed by atoms with Crippen molar-refractivity contribution in [3.63, 3.8) is 0 Å². The average Bonchev–Trinajstić information content (AvgIpc) is 2.90. The molecule has 1 heterocycles. The monoisotopic (exact) mass is 302 g/mol. The molecule has 1 unspecified atom stereocenters. The van der Waals surface area contributed by atoms with Crippen LogP contribution >= 0.6 is 0 Å². The van der Waals surface area contributed by atoms with Crippen LogP contribution in [0.15, 0.2) is 0 Å². The second-order valence-corrected chi connectivity index (χ2v) is 7.97. The van der Waals surface area contributed by atoms with E-state index >= 15 is 0 Å². The van der Waals surface area contributed by atoms with Crippen LogP contribution in [0, 0.1) is 0 Å². The first-order chi connectivity index (χ1) is 9.54. The molecular weight excluding hydrogens is 276 g/mol. The van der Waals surface area contributed by atoms with Gasteiger partial charge in [-0.3, -0.25) is 4.79 Å². The van der Waals surface area contributed by atoms with E-state index in [4.69, 9.17) is 0 Å². The molecule has 2 rings (SSSR count). The summed E-state index contributed by atoms with van der Waals surface area (Å²) in [5.41, 5.74) is 0. The van der Waals surface area contributed by atoms with Gasteiger partial charge in [0.25, 0.3) is 0 Å². The lowest BCUT2D eigenvalue weighted by molar-refractivity contribution is -0.125. The predicted molar refractivity (Wildman–Crippen MR) is 78.8 cm³/mol. The zero-order chi connectivity index (χ0) is 14.6. The number of nitrogens with zero attached hydrogens (tertiary/aromatic N) is 1. The van der Waals surface area contributed by atoms with Gasteiger partial charge in [0.15, 0.2) is 0 Å². The highest BCUT2D eigenvalue weighted by molar-refractivity contribution is 7.89. The quantitative estimate of drug-likeness (QED) is 0.839. The van der Waals surface area contributed by atoms with Gasteiger partial charge in [0, 0.05) is 12.6 Å². The molecule has 0 aromatic heterocycles. The lowest BCUT2D eigenvalue weighted by Crippen LogP contribution is -2.49. The Balaban J connectivity index is 1.97. The molecule has 0 aromatic rings. The number of nitrogens with one attached hydrogen (secondary N) is 1. The van der Waals surface area contributed by atoms with Gasteiger partial charge in [-0.05, 0) is 32.1 Å². The minimum Gasteiger partial charge on any atom is -0.352 e. The average molecular weight is 302 g/mol. The number of hydrogen-bond acceptors (Lipinski definition) is 3. The summed E-state index contributed by atoms with van der Waals surface area (Å²) in [6.45, 7) is 2.34. The van der Waals surface area contributed by atoms with Gasteiger partial charge >= 0.3 is 0 Å². The minimum atomic E-state index is -3.27. The van der Waals surface area contributed by atoms with E-state index in [2.05, 4.69) is 5.32 Å². The van der Waals surface area contributed by atoms with Gasteiger partial charge in [-0.15, -0.1) is 0 Å². The molecule has 6 heteroatoms. The summed E-state index contributed by atoms with van der Waals surface area (Å²) >= 11 is 0. The minimum absolute atomic E-state index is 0.0888. The van der Waals surface area contributed by atoms with Crippen LogP contribution in [0.5, 0.6) is 0 Å². The van der Waals surface area contributed by atoms with E-state index in [1.165, 1.54) is 10.7 Å². The van der Waals surface area contributed by atoms with Crippen LogP contribution in [-0.2, 0) is 14.8 Å². The number of amides is 1. The zero-order valence-electron chi connectivity index (χ0n) is 12.3. The van der Waals surface area contributed by atoms with Crippen LogP contribution in [0.1, 0.15) is 58.3 Å². The highest BCUT2D eigenvalue weighted by Crippen LogP contribution is 2.23. The first kappa shape index (κ1) is 15.8. The van der Waals surface area contributed by atoms with E-state index in [1.54, 1.807) is 0 Å². The molecule has 2 fully saturated rings. The van der Waals surface area contributed by atoms with Gasteiger partial charge in [0.1, 0.15) is 6.04 Å². The third-order valence-electron chi connectivity index (χ3n) is 4.28. The number of hydrogen-bond donors (Lipinski definition) is 1. The third kappa shape index (κ3) is 3.73. The van der Waals surface area contributed by atoms with Crippen molar-refractivity contribution in [1.82, 2.24) is 9.62 Å². The molecule has 1 N–H and O–H groups in total. The van der Waals surface area contributed by atoms with Gasteiger partial charge in [-0.25, -0.2) is 8.42 Å². The van der Waals surface area contributed by atoms with E-state index in [0.29, 0.717) is 19.4 Å². The zero-order valence-corrected chi connectivity index (χ0v) is 13.1. The lowest BCUT2D eigenvalue weighted by Gasteiger charge is -2.27. The standard InChI is InChI=1S/C14H26N2O3S/c1-2-11-20(18,19)16-10-6-9-13(16)14(17)15-12-7-4-3-5-8-12/h12-13H,2-11H2,1H3,(H,15,17). The maximum absolute atomic E-state index is 12.4. The molecular formula is C14H26N2O3S. The molecule has 0 spiro atoms. The number of carbonyl (C=O) groups excluding carboxylic acids is 1. The fraction of sp³-hybridized carbons (Fsp3) is 0.929. The second kappa shape index (κ2) is 6.89. The molecule has 0 aromatic carbocycles. The predicted octanol–water partition coefficient (Wildman–Crippen LogP) is 1.64. The van der Waals surface area contributed by atoms with Crippen LogP contribution in [-0.4, -0.2) is 43.0 Å².